The van der Waals surface area contributed by atoms with E-state index in [1.54, 1.807) is 16.9 Å². The van der Waals surface area contributed by atoms with Crippen molar-refractivity contribution in [3.05, 3.63) is 21.7 Å². The predicted molar refractivity (Wildman–Crippen MR) is 72.3 cm³/mol. The fourth-order valence-corrected chi connectivity index (χ4v) is 2.11. The van der Waals surface area contributed by atoms with Crippen LogP contribution in [0.2, 0.25) is 0 Å². The van der Waals surface area contributed by atoms with Crippen LogP contribution in [0.25, 0.3) is 5.65 Å². The minimum absolute atomic E-state index is 0.384. The van der Waals surface area contributed by atoms with Gasteiger partial charge in [0, 0.05) is 12.4 Å². The van der Waals surface area contributed by atoms with Gasteiger partial charge in [-0.3, -0.25) is 0 Å². The highest BCUT2D eigenvalue weighted by Crippen LogP contribution is 2.19. The number of aryl methyl sites for hydroxylation is 1. The molecule has 0 atom stereocenters. The first kappa shape index (κ1) is 12.4. The molecule has 0 aliphatic carbocycles. The Balaban J connectivity index is 2.45. The van der Waals surface area contributed by atoms with Crippen molar-refractivity contribution in [3.8, 4) is 0 Å². The number of hydrogen-bond acceptors (Lipinski definition) is 3. The van der Waals surface area contributed by atoms with Gasteiger partial charge in [0.25, 0.3) is 0 Å². The van der Waals surface area contributed by atoms with E-state index in [4.69, 9.17) is 4.74 Å². The second-order valence-corrected chi connectivity index (χ2v) is 5.89. The van der Waals surface area contributed by atoms with Gasteiger partial charge >= 0.3 is 6.09 Å². The first-order valence-electron chi connectivity index (χ1n) is 5.25. The van der Waals surface area contributed by atoms with Gasteiger partial charge in [0.05, 0.1) is 9.26 Å². The van der Waals surface area contributed by atoms with Gasteiger partial charge in [-0.25, -0.2) is 13.9 Å². The van der Waals surface area contributed by atoms with Crippen molar-refractivity contribution in [1.82, 2.24) is 14.2 Å². The third-order valence-electron chi connectivity index (χ3n) is 2.16. The van der Waals surface area contributed by atoms with E-state index in [0.717, 1.165) is 14.9 Å². The Labute approximate surface area is 113 Å². The van der Waals surface area contributed by atoms with Crippen LogP contribution < -0.4 is 0 Å². The predicted octanol–water partition coefficient (Wildman–Crippen LogP) is 2.83. The van der Waals surface area contributed by atoms with Crippen LogP contribution in [0.5, 0.6) is 0 Å². The van der Waals surface area contributed by atoms with Crippen LogP contribution in [0.3, 0.4) is 0 Å². The summed E-state index contributed by atoms with van der Waals surface area (Å²) < 4.78 is 9.45. The lowest BCUT2D eigenvalue weighted by atomic mass is 10.2. The molecule has 92 valence electrons. The smallest absolute Gasteiger partial charge is 0.420 e. The molecule has 0 aliphatic heterocycles. The molecular weight excluding hydrogens is 333 g/mol. The van der Waals surface area contributed by atoms with E-state index in [0.29, 0.717) is 0 Å². The number of hydrogen-bond donors (Lipinski definition) is 0. The van der Waals surface area contributed by atoms with Crippen molar-refractivity contribution in [2.75, 3.05) is 0 Å². The van der Waals surface area contributed by atoms with Gasteiger partial charge in [-0.1, -0.05) is 0 Å². The summed E-state index contributed by atoms with van der Waals surface area (Å²) in [7, 11) is 0. The maximum atomic E-state index is 12.0. The number of aromatic nitrogens is 3. The molecule has 6 heteroatoms. The summed E-state index contributed by atoms with van der Waals surface area (Å²) >= 11 is 2.18. The third kappa shape index (κ3) is 2.31. The molecule has 0 unspecified atom stereocenters. The van der Waals surface area contributed by atoms with Crippen molar-refractivity contribution < 1.29 is 9.53 Å². The molecule has 0 spiro atoms. The molecule has 0 fully saturated rings. The number of imidazole rings is 1. The fraction of sp³-hybridized carbons (Fsp3) is 0.455. The lowest BCUT2D eigenvalue weighted by Crippen LogP contribution is -2.26. The maximum Gasteiger partial charge on any atom is 0.420 e. The summed E-state index contributed by atoms with van der Waals surface area (Å²) in [5.41, 5.74) is 1.15. The molecule has 0 saturated heterocycles. The Morgan fingerprint density at radius 2 is 2.06 bits per heavy atom. The van der Waals surface area contributed by atoms with E-state index in [9.17, 15) is 4.79 Å². The third-order valence-corrected chi connectivity index (χ3v) is 3.43. The number of carbonyl (C=O) groups is 1. The second kappa shape index (κ2) is 4.01. The number of nitrogens with zero attached hydrogens (tertiary/aromatic N) is 3. The molecule has 0 radical (unpaired) electrons. The summed E-state index contributed by atoms with van der Waals surface area (Å²) in [4.78, 5) is 12.0. The Bertz CT molecular complexity index is 577. The molecule has 2 rings (SSSR count). The lowest BCUT2D eigenvalue weighted by Gasteiger charge is -2.19. The summed E-state index contributed by atoms with van der Waals surface area (Å²) in [6.45, 7) is 7.45. The molecule has 17 heavy (non-hydrogen) atoms. The summed E-state index contributed by atoms with van der Waals surface area (Å²) in [5, 5.41) is 4.29. The van der Waals surface area contributed by atoms with Gasteiger partial charge in [-0.2, -0.15) is 5.10 Å². The van der Waals surface area contributed by atoms with Crippen molar-refractivity contribution in [3.63, 3.8) is 0 Å². The Morgan fingerprint density at radius 1 is 1.41 bits per heavy atom. The highest BCUT2D eigenvalue weighted by molar-refractivity contribution is 14.1. The number of halogens is 1. The Morgan fingerprint density at radius 3 is 2.65 bits per heavy atom. The Hall–Kier alpha value is -1.05. The van der Waals surface area contributed by atoms with Crippen LogP contribution in [-0.4, -0.2) is 25.9 Å². The minimum atomic E-state index is -0.501. The molecule has 2 aromatic rings. The SMILES string of the molecule is Cc1nn2ccn(C(=O)OC(C)(C)C)c2c1I. The average molecular weight is 347 g/mol. The molecule has 0 aromatic carbocycles. The van der Waals surface area contributed by atoms with Crippen molar-refractivity contribution in [2.24, 2.45) is 0 Å². The van der Waals surface area contributed by atoms with Gasteiger partial charge in [0.2, 0.25) is 0 Å². The van der Waals surface area contributed by atoms with Gasteiger partial charge in [0.1, 0.15) is 5.60 Å². The van der Waals surface area contributed by atoms with Gasteiger partial charge in [-0.05, 0) is 50.3 Å². The van der Waals surface area contributed by atoms with Crippen LogP contribution in [0.1, 0.15) is 26.5 Å². The zero-order valence-corrected chi connectivity index (χ0v) is 12.3. The van der Waals surface area contributed by atoms with Crippen LogP contribution in [0.15, 0.2) is 12.4 Å². The summed E-state index contributed by atoms with van der Waals surface area (Å²) in [6.07, 6.45) is 3.03. The van der Waals surface area contributed by atoms with Crippen LogP contribution in [-0.2, 0) is 4.74 Å². The molecule has 2 aromatic heterocycles. The normalized spacial score (nSPS) is 12.1. The van der Waals surface area contributed by atoms with Crippen molar-refractivity contribution >= 4 is 34.3 Å². The average Bonchev–Trinajstić information content (AvgIpc) is 2.67. The Kier molecular flexibility index (Phi) is 2.92. The molecule has 0 bridgehead atoms. The van der Waals surface area contributed by atoms with Crippen LogP contribution in [0.4, 0.5) is 4.79 Å². The quantitative estimate of drug-likeness (QED) is 0.689. The standard InChI is InChI=1S/C11H14IN3O2/c1-7-8(12)9-14(5-6-15(9)13-7)10(16)17-11(2,3)4/h5-6H,1-4H3. The van der Waals surface area contributed by atoms with Crippen molar-refractivity contribution in [1.29, 1.82) is 0 Å². The molecule has 5 nitrogen and oxygen atoms in total. The van der Waals surface area contributed by atoms with Gasteiger partial charge in [0.15, 0.2) is 5.65 Å². The van der Waals surface area contributed by atoms with E-state index in [1.807, 2.05) is 27.7 Å². The molecule has 2 heterocycles. The zero-order valence-electron chi connectivity index (χ0n) is 10.2. The first-order valence-corrected chi connectivity index (χ1v) is 6.32. The largest absolute Gasteiger partial charge is 0.443 e. The molecule has 0 saturated carbocycles. The molecular formula is C11H14IN3O2. The summed E-state index contributed by atoms with van der Waals surface area (Å²) in [5.74, 6) is 0. The lowest BCUT2D eigenvalue weighted by molar-refractivity contribution is 0.0543. The maximum absolute atomic E-state index is 12.0. The number of rotatable bonds is 0. The van der Waals surface area contributed by atoms with Crippen LogP contribution in [0, 0.1) is 10.5 Å². The van der Waals surface area contributed by atoms with Crippen LogP contribution >= 0.6 is 22.6 Å². The molecule has 0 aliphatic rings. The van der Waals surface area contributed by atoms with E-state index in [1.165, 1.54) is 4.57 Å². The van der Waals surface area contributed by atoms with E-state index in [2.05, 4.69) is 27.7 Å². The first-order chi connectivity index (χ1) is 7.79. The van der Waals surface area contributed by atoms with E-state index < -0.39 is 5.60 Å². The number of fused-ring (bicyclic) bond motifs is 1. The monoisotopic (exact) mass is 347 g/mol. The molecule has 0 amide bonds. The highest BCUT2D eigenvalue weighted by Gasteiger charge is 2.21. The van der Waals surface area contributed by atoms with Gasteiger partial charge < -0.3 is 4.74 Å². The molecule has 0 N–H and O–H groups in total. The number of ether oxygens (including phenoxy) is 1. The van der Waals surface area contributed by atoms with Gasteiger partial charge in [-0.15, -0.1) is 0 Å². The second-order valence-electron chi connectivity index (χ2n) is 4.82. The number of carbonyl (C=O) groups excluding carboxylic acids is 1. The summed E-state index contributed by atoms with van der Waals surface area (Å²) in [6, 6.07) is 0. The van der Waals surface area contributed by atoms with Crippen molar-refractivity contribution in [2.45, 2.75) is 33.3 Å². The fourth-order valence-electron chi connectivity index (χ4n) is 1.49. The van der Waals surface area contributed by atoms with E-state index in [-0.39, 0.29) is 6.09 Å². The minimum Gasteiger partial charge on any atom is -0.443 e. The highest BCUT2D eigenvalue weighted by atomic mass is 127. The zero-order chi connectivity index (χ0) is 12.8. The van der Waals surface area contributed by atoms with E-state index >= 15 is 0 Å². The topological polar surface area (TPSA) is 48.5 Å².